The molecular formula is C17H24N4O4. The van der Waals surface area contributed by atoms with Crippen LogP contribution in [0.4, 0.5) is 0 Å². The maximum atomic E-state index is 11.6. The fourth-order valence-electron chi connectivity index (χ4n) is 2.42. The van der Waals surface area contributed by atoms with Crippen LogP contribution >= 0.6 is 0 Å². The monoisotopic (exact) mass is 348 g/mol. The lowest BCUT2D eigenvalue weighted by Crippen LogP contribution is -2.35. The molecule has 1 amide bonds. The fourth-order valence-corrected chi connectivity index (χ4v) is 2.42. The molecule has 1 aromatic heterocycles. The summed E-state index contributed by atoms with van der Waals surface area (Å²) in [4.78, 5) is 18.0. The molecule has 136 valence electrons. The van der Waals surface area contributed by atoms with Gasteiger partial charge in [0.2, 0.25) is 17.6 Å². The van der Waals surface area contributed by atoms with E-state index in [0.29, 0.717) is 35.3 Å². The van der Waals surface area contributed by atoms with Crippen LogP contribution in [0.1, 0.15) is 19.2 Å². The summed E-state index contributed by atoms with van der Waals surface area (Å²) in [5.41, 5.74) is 0.714. The summed E-state index contributed by atoms with van der Waals surface area (Å²) in [5, 5.41) is 6.65. The maximum absolute atomic E-state index is 11.6. The summed E-state index contributed by atoms with van der Waals surface area (Å²) in [6.07, 6.45) is 0.921. The van der Waals surface area contributed by atoms with E-state index in [9.17, 15) is 4.79 Å². The van der Waals surface area contributed by atoms with Gasteiger partial charge in [-0.25, -0.2) is 0 Å². The first kappa shape index (κ1) is 18.7. The van der Waals surface area contributed by atoms with Gasteiger partial charge in [0, 0.05) is 13.1 Å². The molecule has 1 aromatic carbocycles. The number of benzene rings is 1. The molecule has 0 aliphatic heterocycles. The third kappa shape index (κ3) is 4.93. The Morgan fingerprint density at radius 2 is 2.12 bits per heavy atom. The molecule has 0 aliphatic rings. The topological polar surface area (TPSA) is 89.7 Å². The van der Waals surface area contributed by atoms with Crippen molar-refractivity contribution in [1.82, 2.24) is 20.4 Å². The van der Waals surface area contributed by atoms with Gasteiger partial charge in [-0.2, -0.15) is 4.98 Å². The number of hydrogen-bond acceptors (Lipinski definition) is 7. The summed E-state index contributed by atoms with van der Waals surface area (Å²) in [7, 11) is 4.79. The fraction of sp³-hybridized carbons (Fsp3) is 0.471. The molecular weight excluding hydrogens is 324 g/mol. The second kappa shape index (κ2) is 9.03. The first-order valence-corrected chi connectivity index (χ1v) is 8.09. The number of nitrogens with zero attached hydrogens (tertiary/aromatic N) is 3. The Morgan fingerprint density at radius 3 is 2.76 bits per heavy atom. The largest absolute Gasteiger partial charge is 0.497 e. The van der Waals surface area contributed by atoms with Gasteiger partial charge in [-0.05, 0) is 25.1 Å². The number of aromatic nitrogens is 2. The first-order chi connectivity index (χ1) is 12.1. The van der Waals surface area contributed by atoms with Gasteiger partial charge in [-0.3, -0.25) is 9.69 Å². The molecule has 0 bridgehead atoms. The Hall–Kier alpha value is -2.61. The smallest absolute Gasteiger partial charge is 0.241 e. The number of likely N-dealkylation sites (N-methyl/N-ethyl adjacent to an activating group) is 1. The van der Waals surface area contributed by atoms with E-state index in [2.05, 4.69) is 22.4 Å². The van der Waals surface area contributed by atoms with Crippen LogP contribution in [0.2, 0.25) is 0 Å². The minimum atomic E-state index is -0.0509. The number of amides is 1. The van der Waals surface area contributed by atoms with Crippen molar-refractivity contribution in [3.63, 3.8) is 0 Å². The highest BCUT2D eigenvalue weighted by molar-refractivity contribution is 5.77. The third-order valence-electron chi connectivity index (χ3n) is 3.66. The summed E-state index contributed by atoms with van der Waals surface area (Å²) < 4.78 is 15.9. The van der Waals surface area contributed by atoms with Gasteiger partial charge in [0.1, 0.15) is 11.5 Å². The van der Waals surface area contributed by atoms with Crippen LogP contribution in [0.15, 0.2) is 22.7 Å². The summed E-state index contributed by atoms with van der Waals surface area (Å²) in [6, 6.07) is 5.39. The maximum Gasteiger partial charge on any atom is 0.241 e. The van der Waals surface area contributed by atoms with Crippen molar-refractivity contribution in [3.05, 3.63) is 24.1 Å². The molecule has 8 nitrogen and oxygen atoms in total. The van der Waals surface area contributed by atoms with Crippen molar-refractivity contribution < 1.29 is 18.8 Å². The van der Waals surface area contributed by atoms with Gasteiger partial charge in [0.25, 0.3) is 0 Å². The van der Waals surface area contributed by atoms with Gasteiger partial charge in [-0.15, -0.1) is 0 Å². The van der Waals surface area contributed by atoms with Crippen LogP contribution in [0.3, 0.4) is 0 Å². The van der Waals surface area contributed by atoms with E-state index in [0.717, 1.165) is 13.0 Å². The number of nitrogens with one attached hydrogen (secondary N) is 1. The minimum Gasteiger partial charge on any atom is -0.497 e. The van der Waals surface area contributed by atoms with E-state index < -0.39 is 0 Å². The molecule has 0 saturated heterocycles. The van der Waals surface area contributed by atoms with E-state index in [1.165, 1.54) is 0 Å². The van der Waals surface area contributed by atoms with Gasteiger partial charge in [0.15, 0.2) is 0 Å². The molecule has 1 N–H and O–H groups in total. The molecule has 1 heterocycles. The predicted molar refractivity (Wildman–Crippen MR) is 92.5 cm³/mol. The SMILES string of the molecule is CCCN(CC(=O)NC)Cc1nc(-c2ccc(OC)cc2OC)no1. The standard InChI is InChI=1S/C17H24N4O4/c1-5-8-21(10-15(22)18-2)11-16-19-17(20-25-16)13-7-6-12(23-3)9-14(13)24-4/h6-7,9H,5,8,10-11H2,1-4H3,(H,18,22). The average molecular weight is 348 g/mol. The number of methoxy groups -OCH3 is 2. The highest BCUT2D eigenvalue weighted by atomic mass is 16.5. The van der Waals surface area contributed by atoms with Crippen molar-refractivity contribution in [2.75, 3.05) is 34.4 Å². The normalized spacial score (nSPS) is 10.8. The molecule has 2 aromatic rings. The molecule has 0 saturated carbocycles. The van der Waals surface area contributed by atoms with Crippen LogP contribution in [0, 0.1) is 0 Å². The van der Waals surface area contributed by atoms with Crippen molar-refractivity contribution >= 4 is 5.91 Å². The molecule has 0 radical (unpaired) electrons. The number of hydrogen-bond donors (Lipinski definition) is 1. The van der Waals surface area contributed by atoms with E-state index in [4.69, 9.17) is 14.0 Å². The summed E-state index contributed by atoms with van der Waals surface area (Å²) in [6.45, 7) is 3.51. The quantitative estimate of drug-likeness (QED) is 0.738. The molecule has 2 rings (SSSR count). The molecule has 0 spiro atoms. The van der Waals surface area contributed by atoms with E-state index in [1.54, 1.807) is 27.3 Å². The van der Waals surface area contributed by atoms with Crippen LogP contribution < -0.4 is 14.8 Å². The lowest BCUT2D eigenvalue weighted by Gasteiger charge is -2.18. The van der Waals surface area contributed by atoms with Crippen molar-refractivity contribution in [3.8, 4) is 22.9 Å². The van der Waals surface area contributed by atoms with Crippen molar-refractivity contribution in [2.45, 2.75) is 19.9 Å². The van der Waals surface area contributed by atoms with Crippen LogP contribution in [0.5, 0.6) is 11.5 Å². The molecule has 0 aliphatic carbocycles. The molecule has 0 unspecified atom stereocenters. The lowest BCUT2D eigenvalue weighted by atomic mass is 10.2. The first-order valence-electron chi connectivity index (χ1n) is 8.09. The zero-order valence-corrected chi connectivity index (χ0v) is 15.0. The predicted octanol–water partition coefficient (Wildman–Crippen LogP) is 1.71. The van der Waals surface area contributed by atoms with Gasteiger partial charge >= 0.3 is 0 Å². The minimum absolute atomic E-state index is 0.0509. The Bertz CT molecular complexity index is 702. The van der Waals surface area contributed by atoms with Gasteiger partial charge < -0.3 is 19.3 Å². The highest BCUT2D eigenvalue weighted by Crippen LogP contribution is 2.31. The average Bonchev–Trinajstić information content (AvgIpc) is 3.09. The van der Waals surface area contributed by atoms with Crippen molar-refractivity contribution in [1.29, 1.82) is 0 Å². The summed E-state index contributed by atoms with van der Waals surface area (Å²) in [5.74, 6) is 2.12. The number of carbonyl (C=O) groups excluding carboxylic acids is 1. The number of rotatable bonds is 9. The molecule has 0 fully saturated rings. The Balaban J connectivity index is 2.17. The van der Waals surface area contributed by atoms with E-state index in [-0.39, 0.29) is 12.5 Å². The Morgan fingerprint density at radius 1 is 1.32 bits per heavy atom. The second-order valence-corrected chi connectivity index (χ2v) is 5.46. The number of carbonyl (C=O) groups is 1. The van der Waals surface area contributed by atoms with Crippen LogP contribution in [0.25, 0.3) is 11.4 Å². The molecule has 25 heavy (non-hydrogen) atoms. The van der Waals surface area contributed by atoms with E-state index in [1.807, 2.05) is 17.0 Å². The summed E-state index contributed by atoms with van der Waals surface area (Å²) >= 11 is 0. The Labute approximate surface area is 147 Å². The van der Waals surface area contributed by atoms with Crippen LogP contribution in [-0.2, 0) is 11.3 Å². The molecule has 0 atom stereocenters. The van der Waals surface area contributed by atoms with Crippen molar-refractivity contribution in [2.24, 2.45) is 0 Å². The zero-order chi connectivity index (χ0) is 18.2. The second-order valence-electron chi connectivity index (χ2n) is 5.46. The van der Waals surface area contributed by atoms with Crippen LogP contribution in [-0.4, -0.2) is 55.3 Å². The lowest BCUT2D eigenvalue weighted by molar-refractivity contribution is -0.121. The number of ether oxygens (including phenoxy) is 2. The van der Waals surface area contributed by atoms with Gasteiger partial charge in [-0.1, -0.05) is 12.1 Å². The van der Waals surface area contributed by atoms with Gasteiger partial charge in [0.05, 0.1) is 32.9 Å². The zero-order valence-electron chi connectivity index (χ0n) is 15.0. The highest BCUT2D eigenvalue weighted by Gasteiger charge is 2.17. The van der Waals surface area contributed by atoms with E-state index >= 15 is 0 Å². The third-order valence-corrected chi connectivity index (χ3v) is 3.66. The molecule has 8 heteroatoms. The Kier molecular flexibility index (Phi) is 6.76.